The van der Waals surface area contributed by atoms with Crippen LogP contribution in [0.15, 0.2) is 168 Å². The highest BCUT2D eigenvalue weighted by atomic mass is 16.3. The molecule has 0 saturated heterocycles. The lowest BCUT2D eigenvalue weighted by Crippen LogP contribution is -2.15. The summed E-state index contributed by atoms with van der Waals surface area (Å²) in [6.07, 6.45) is 0. The number of furan rings is 1. The van der Waals surface area contributed by atoms with Crippen LogP contribution in [0.3, 0.4) is 0 Å². The van der Waals surface area contributed by atoms with Crippen molar-refractivity contribution < 1.29 is 4.42 Å². The molecule has 1 aliphatic heterocycles. The van der Waals surface area contributed by atoms with E-state index in [1.54, 1.807) is 0 Å². The third-order valence-corrected chi connectivity index (χ3v) is 9.39. The number of hydrogen-bond donors (Lipinski definition) is 0. The minimum Gasteiger partial charge on any atom is -0.456 e. The van der Waals surface area contributed by atoms with E-state index in [1.807, 2.05) is 42.5 Å². The maximum Gasteiger partial charge on any atom is 0.160 e. The Balaban J connectivity index is 1.14. The number of anilines is 3. The summed E-state index contributed by atoms with van der Waals surface area (Å²) in [5.41, 5.74) is 12.5. The predicted octanol–water partition coefficient (Wildman–Crippen LogP) is 12.0. The summed E-state index contributed by atoms with van der Waals surface area (Å²) in [6.45, 7) is 0. The first-order valence-electron chi connectivity index (χ1n) is 16.2. The number of rotatable bonds is 4. The van der Waals surface area contributed by atoms with Crippen LogP contribution in [-0.2, 0) is 0 Å². The number of nitrogens with zero attached hydrogens (tertiary/aromatic N) is 3. The first-order valence-corrected chi connectivity index (χ1v) is 16.2. The molecule has 224 valence electrons. The molecule has 0 unspecified atom stereocenters. The van der Waals surface area contributed by atoms with E-state index in [4.69, 9.17) is 14.4 Å². The van der Waals surface area contributed by atoms with Gasteiger partial charge in [-0.25, -0.2) is 9.97 Å². The molecule has 3 heterocycles. The van der Waals surface area contributed by atoms with E-state index < -0.39 is 0 Å². The van der Waals surface area contributed by atoms with Crippen molar-refractivity contribution in [1.82, 2.24) is 9.97 Å². The molecule has 0 spiro atoms. The molecule has 0 fully saturated rings. The van der Waals surface area contributed by atoms with E-state index >= 15 is 0 Å². The molecule has 10 rings (SSSR count). The van der Waals surface area contributed by atoms with Crippen molar-refractivity contribution in [3.8, 4) is 45.0 Å². The third-order valence-electron chi connectivity index (χ3n) is 9.39. The van der Waals surface area contributed by atoms with Gasteiger partial charge in [-0.2, -0.15) is 0 Å². The van der Waals surface area contributed by atoms with Gasteiger partial charge in [0.2, 0.25) is 0 Å². The molecule has 0 N–H and O–H groups in total. The van der Waals surface area contributed by atoms with E-state index in [9.17, 15) is 0 Å². The van der Waals surface area contributed by atoms with Crippen molar-refractivity contribution in [1.29, 1.82) is 0 Å². The number of fused-ring (bicyclic) bond motifs is 6. The molecular weight excluding hydrogens is 587 g/mol. The van der Waals surface area contributed by atoms with Gasteiger partial charge in [-0.3, -0.25) is 0 Å². The van der Waals surface area contributed by atoms with Crippen LogP contribution < -0.4 is 4.90 Å². The lowest BCUT2D eigenvalue weighted by molar-refractivity contribution is 0.669. The Kier molecular flexibility index (Phi) is 5.84. The van der Waals surface area contributed by atoms with Crippen molar-refractivity contribution in [3.63, 3.8) is 0 Å². The molecule has 0 radical (unpaired) electrons. The molecule has 4 nitrogen and oxygen atoms in total. The van der Waals surface area contributed by atoms with Crippen LogP contribution in [0.5, 0.6) is 0 Å². The van der Waals surface area contributed by atoms with Gasteiger partial charge in [0.25, 0.3) is 0 Å². The minimum absolute atomic E-state index is 0.711. The molecule has 2 aromatic heterocycles. The first kappa shape index (κ1) is 26.7. The number of benzene rings is 7. The fourth-order valence-corrected chi connectivity index (χ4v) is 7.23. The summed E-state index contributed by atoms with van der Waals surface area (Å²) in [5.74, 6) is 0.711. The lowest BCUT2D eigenvalue weighted by Gasteiger charge is -2.33. The van der Waals surface area contributed by atoms with E-state index in [0.29, 0.717) is 5.82 Å². The maximum atomic E-state index is 6.40. The van der Waals surface area contributed by atoms with Crippen LogP contribution in [0.2, 0.25) is 0 Å². The summed E-state index contributed by atoms with van der Waals surface area (Å²) in [5, 5.41) is 4.70. The van der Waals surface area contributed by atoms with Crippen molar-refractivity contribution in [2.24, 2.45) is 0 Å². The van der Waals surface area contributed by atoms with E-state index in [0.717, 1.165) is 67.1 Å². The Morgan fingerprint density at radius 2 is 1.10 bits per heavy atom. The topological polar surface area (TPSA) is 42.2 Å². The lowest BCUT2D eigenvalue weighted by atomic mass is 9.87. The molecule has 0 bridgehead atoms. The fraction of sp³-hybridized carbons (Fsp3) is 0. The highest BCUT2D eigenvalue weighted by Crippen LogP contribution is 2.54. The molecule has 48 heavy (non-hydrogen) atoms. The molecule has 0 amide bonds. The Bertz CT molecular complexity index is 2600. The van der Waals surface area contributed by atoms with Crippen LogP contribution in [0.4, 0.5) is 17.1 Å². The van der Waals surface area contributed by atoms with Gasteiger partial charge in [0.1, 0.15) is 11.2 Å². The summed E-state index contributed by atoms with van der Waals surface area (Å²) in [7, 11) is 0. The number of aromatic nitrogens is 2. The zero-order chi connectivity index (χ0) is 31.6. The molecule has 4 heteroatoms. The molecule has 9 aromatic rings. The van der Waals surface area contributed by atoms with E-state index in [1.165, 1.54) is 21.9 Å². The van der Waals surface area contributed by atoms with Crippen LogP contribution in [0.25, 0.3) is 77.7 Å². The molecule has 7 aromatic carbocycles. The molecule has 0 atom stereocenters. The summed E-state index contributed by atoms with van der Waals surface area (Å²) < 4.78 is 6.40. The minimum atomic E-state index is 0.711. The van der Waals surface area contributed by atoms with Gasteiger partial charge in [0.05, 0.1) is 22.8 Å². The van der Waals surface area contributed by atoms with Crippen LogP contribution in [0.1, 0.15) is 0 Å². The van der Waals surface area contributed by atoms with Gasteiger partial charge in [-0.15, -0.1) is 0 Å². The SMILES string of the molecule is c1ccc(-c2cc(-c3ccc(N4c5ccccc5-c5c6c4cccc6cc4oc6ccccc6c54)cc3)nc(-c3ccccc3)n2)cc1. The van der Waals surface area contributed by atoms with Gasteiger partial charge < -0.3 is 9.32 Å². The summed E-state index contributed by atoms with van der Waals surface area (Å²) in [6, 6.07) is 57.1. The average Bonchev–Trinajstić information content (AvgIpc) is 3.54. The second kappa shape index (κ2) is 10.5. The Morgan fingerprint density at radius 1 is 0.458 bits per heavy atom. The van der Waals surface area contributed by atoms with Gasteiger partial charge >= 0.3 is 0 Å². The van der Waals surface area contributed by atoms with Crippen LogP contribution >= 0.6 is 0 Å². The molecule has 1 aliphatic rings. The van der Waals surface area contributed by atoms with Crippen molar-refractivity contribution in [2.75, 3.05) is 4.90 Å². The number of hydrogen-bond acceptors (Lipinski definition) is 4. The summed E-state index contributed by atoms with van der Waals surface area (Å²) in [4.78, 5) is 12.4. The highest BCUT2D eigenvalue weighted by molar-refractivity contribution is 6.26. The van der Waals surface area contributed by atoms with Crippen molar-refractivity contribution >= 4 is 49.8 Å². The monoisotopic (exact) mass is 613 g/mol. The Morgan fingerprint density at radius 3 is 1.90 bits per heavy atom. The highest BCUT2D eigenvalue weighted by Gasteiger charge is 2.29. The quantitative estimate of drug-likeness (QED) is 0.198. The van der Waals surface area contributed by atoms with Gasteiger partial charge in [0, 0.05) is 49.7 Å². The largest absolute Gasteiger partial charge is 0.456 e. The fourth-order valence-electron chi connectivity index (χ4n) is 7.23. The molecular formula is C44H27N3O. The number of para-hydroxylation sites is 2. The standard InChI is InChI=1S/C44H27N3O/c1-3-12-28(13-4-1)35-27-36(46-44(45-35)30-14-5-2-6-15-30)29-22-24-32(25-23-29)47-37-19-9-7-17-33(37)43-41-31(16-11-20-38(41)47)26-40-42(43)34-18-8-10-21-39(34)48-40/h1-27H. The normalized spacial score (nSPS) is 12.1. The average molecular weight is 614 g/mol. The van der Waals surface area contributed by atoms with Gasteiger partial charge in [0.15, 0.2) is 5.82 Å². The third kappa shape index (κ3) is 4.10. The smallest absolute Gasteiger partial charge is 0.160 e. The van der Waals surface area contributed by atoms with Crippen LogP contribution in [0, 0.1) is 0 Å². The van der Waals surface area contributed by atoms with Crippen LogP contribution in [-0.4, -0.2) is 9.97 Å². The predicted molar refractivity (Wildman–Crippen MR) is 197 cm³/mol. The zero-order valence-electron chi connectivity index (χ0n) is 25.8. The van der Waals surface area contributed by atoms with Crippen molar-refractivity contribution in [3.05, 3.63) is 164 Å². The zero-order valence-corrected chi connectivity index (χ0v) is 25.8. The van der Waals surface area contributed by atoms with E-state index in [-0.39, 0.29) is 0 Å². The van der Waals surface area contributed by atoms with E-state index in [2.05, 4.69) is 126 Å². The van der Waals surface area contributed by atoms with Gasteiger partial charge in [-0.05, 0) is 47.9 Å². The second-order valence-electron chi connectivity index (χ2n) is 12.2. The van der Waals surface area contributed by atoms with Crippen molar-refractivity contribution in [2.45, 2.75) is 0 Å². The first-order chi connectivity index (χ1) is 23.8. The molecule has 0 saturated carbocycles. The van der Waals surface area contributed by atoms with Gasteiger partial charge in [-0.1, -0.05) is 121 Å². The maximum absolute atomic E-state index is 6.40. The Labute approximate surface area is 277 Å². The Hall–Kier alpha value is -6.52. The molecule has 0 aliphatic carbocycles. The second-order valence-corrected chi connectivity index (χ2v) is 12.2. The summed E-state index contributed by atoms with van der Waals surface area (Å²) >= 11 is 0.